The first-order chi connectivity index (χ1) is 7.88. The van der Waals surface area contributed by atoms with Crippen LogP contribution in [0.3, 0.4) is 0 Å². The molecular formula is C12H24ClNO2. The number of ether oxygens (including phenoxy) is 2. The van der Waals surface area contributed by atoms with Crippen molar-refractivity contribution in [1.29, 1.82) is 0 Å². The van der Waals surface area contributed by atoms with Crippen molar-refractivity contribution in [2.24, 2.45) is 0 Å². The standard InChI is InChI=1S/C12H24ClNO2/c1-15-10-11-16-9-8-14-7-3-5-12(14)4-2-6-13/h12H,2-11H2,1H3. The van der Waals surface area contributed by atoms with E-state index in [-0.39, 0.29) is 0 Å². The number of hydrogen-bond acceptors (Lipinski definition) is 3. The SMILES string of the molecule is COCCOCCN1CCCC1CCCCl. The Morgan fingerprint density at radius 3 is 2.94 bits per heavy atom. The molecule has 0 aromatic rings. The summed E-state index contributed by atoms with van der Waals surface area (Å²) in [6.45, 7) is 4.49. The van der Waals surface area contributed by atoms with Crippen molar-refractivity contribution in [3.05, 3.63) is 0 Å². The van der Waals surface area contributed by atoms with Crippen molar-refractivity contribution in [1.82, 2.24) is 4.90 Å². The lowest BCUT2D eigenvalue weighted by Crippen LogP contribution is -2.32. The Balaban J connectivity index is 2.05. The van der Waals surface area contributed by atoms with Gasteiger partial charge < -0.3 is 9.47 Å². The first-order valence-electron chi connectivity index (χ1n) is 6.25. The second-order valence-electron chi connectivity index (χ2n) is 4.27. The van der Waals surface area contributed by atoms with Crippen molar-refractivity contribution < 1.29 is 9.47 Å². The minimum absolute atomic E-state index is 0.690. The number of rotatable bonds is 9. The molecule has 0 aromatic carbocycles. The molecule has 1 heterocycles. The maximum atomic E-state index is 5.73. The first-order valence-corrected chi connectivity index (χ1v) is 6.78. The second-order valence-corrected chi connectivity index (χ2v) is 4.65. The molecule has 1 fully saturated rings. The van der Waals surface area contributed by atoms with Crippen LogP contribution in [0.15, 0.2) is 0 Å². The van der Waals surface area contributed by atoms with Gasteiger partial charge in [0, 0.05) is 25.6 Å². The summed E-state index contributed by atoms with van der Waals surface area (Å²) in [5.74, 6) is 0.786. The van der Waals surface area contributed by atoms with E-state index in [0.29, 0.717) is 13.2 Å². The molecule has 0 radical (unpaired) electrons. The lowest BCUT2D eigenvalue weighted by molar-refractivity contribution is 0.0547. The average molecular weight is 250 g/mol. The Labute approximate surface area is 104 Å². The smallest absolute Gasteiger partial charge is 0.0700 e. The zero-order valence-corrected chi connectivity index (χ0v) is 11.0. The molecule has 0 N–H and O–H groups in total. The molecule has 0 spiro atoms. The van der Waals surface area contributed by atoms with Crippen molar-refractivity contribution in [2.45, 2.75) is 31.7 Å². The van der Waals surface area contributed by atoms with Gasteiger partial charge >= 0.3 is 0 Å². The van der Waals surface area contributed by atoms with E-state index in [9.17, 15) is 0 Å². The summed E-state index contributed by atoms with van der Waals surface area (Å²) < 4.78 is 10.4. The van der Waals surface area contributed by atoms with Gasteiger partial charge in [-0.25, -0.2) is 0 Å². The largest absolute Gasteiger partial charge is 0.382 e. The number of halogens is 1. The zero-order chi connectivity index (χ0) is 11.6. The number of likely N-dealkylation sites (tertiary alicyclic amines) is 1. The number of alkyl halides is 1. The highest BCUT2D eigenvalue weighted by molar-refractivity contribution is 6.17. The number of methoxy groups -OCH3 is 1. The molecule has 96 valence electrons. The molecule has 16 heavy (non-hydrogen) atoms. The summed E-state index contributed by atoms with van der Waals surface area (Å²) in [6, 6.07) is 0.741. The molecule has 3 nitrogen and oxygen atoms in total. The minimum Gasteiger partial charge on any atom is -0.382 e. The van der Waals surface area contributed by atoms with Gasteiger partial charge in [-0.2, -0.15) is 0 Å². The summed E-state index contributed by atoms with van der Waals surface area (Å²) in [4.78, 5) is 2.54. The highest BCUT2D eigenvalue weighted by atomic mass is 35.5. The topological polar surface area (TPSA) is 21.7 Å². The van der Waals surface area contributed by atoms with E-state index in [1.165, 1.54) is 25.8 Å². The maximum Gasteiger partial charge on any atom is 0.0700 e. The maximum absolute atomic E-state index is 5.73. The summed E-state index contributed by atoms with van der Waals surface area (Å²) in [6.07, 6.45) is 5.02. The third-order valence-corrected chi connectivity index (χ3v) is 3.39. The van der Waals surface area contributed by atoms with Gasteiger partial charge in [-0.05, 0) is 32.2 Å². The monoisotopic (exact) mass is 249 g/mol. The average Bonchev–Trinajstić information content (AvgIpc) is 2.74. The molecule has 1 saturated heterocycles. The Hall–Kier alpha value is 0.170. The van der Waals surface area contributed by atoms with E-state index in [2.05, 4.69) is 4.90 Å². The number of nitrogens with zero attached hydrogens (tertiary/aromatic N) is 1. The van der Waals surface area contributed by atoms with Crippen LogP contribution in [0.25, 0.3) is 0 Å². The van der Waals surface area contributed by atoms with Gasteiger partial charge in [0.2, 0.25) is 0 Å². The van der Waals surface area contributed by atoms with Gasteiger partial charge in [-0.3, -0.25) is 4.90 Å². The van der Waals surface area contributed by atoms with Crippen molar-refractivity contribution in [3.63, 3.8) is 0 Å². The normalized spacial score (nSPS) is 21.8. The molecule has 0 bridgehead atoms. The Morgan fingerprint density at radius 2 is 2.19 bits per heavy atom. The Kier molecular flexibility index (Phi) is 8.21. The number of hydrogen-bond donors (Lipinski definition) is 0. The fourth-order valence-electron chi connectivity index (χ4n) is 2.26. The van der Waals surface area contributed by atoms with E-state index in [0.717, 1.165) is 31.5 Å². The van der Waals surface area contributed by atoms with Crippen LogP contribution >= 0.6 is 11.6 Å². The first kappa shape index (κ1) is 14.2. The van der Waals surface area contributed by atoms with Crippen molar-refractivity contribution in [2.75, 3.05) is 45.9 Å². The Morgan fingerprint density at radius 1 is 1.31 bits per heavy atom. The van der Waals surface area contributed by atoms with Gasteiger partial charge in [0.25, 0.3) is 0 Å². The van der Waals surface area contributed by atoms with E-state index < -0.39 is 0 Å². The third-order valence-electron chi connectivity index (χ3n) is 3.12. The fourth-order valence-corrected chi connectivity index (χ4v) is 2.41. The van der Waals surface area contributed by atoms with Crippen LogP contribution in [0.4, 0.5) is 0 Å². The molecule has 1 unspecified atom stereocenters. The summed E-state index contributed by atoms with van der Waals surface area (Å²) in [7, 11) is 1.70. The minimum atomic E-state index is 0.690. The zero-order valence-electron chi connectivity index (χ0n) is 10.3. The van der Waals surface area contributed by atoms with Crippen molar-refractivity contribution >= 4 is 11.6 Å². The third kappa shape index (κ3) is 5.48. The van der Waals surface area contributed by atoms with Gasteiger partial charge in [0.05, 0.1) is 19.8 Å². The van der Waals surface area contributed by atoms with E-state index in [1.54, 1.807) is 7.11 Å². The lowest BCUT2D eigenvalue weighted by atomic mass is 10.1. The van der Waals surface area contributed by atoms with Crippen LogP contribution in [0, 0.1) is 0 Å². The highest BCUT2D eigenvalue weighted by Gasteiger charge is 2.23. The molecule has 0 saturated carbocycles. The quantitative estimate of drug-likeness (QED) is 0.462. The summed E-state index contributed by atoms with van der Waals surface area (Å²) in [5, 5.41) is 0. The molecule has 1 aliphatic heterocycles. The van der Waals surface area contributed by atoms with Gasteiger partial charge in [0.15, 0.2) is 0 Å². The molecule has 1 rings (SSSR count). The van der Waals surface area contributed by atoms with Gasteiger partial charge in [-0.15, -0.1) is 11.6 Å². The summed E-state index contributed by atoms with van der Waals surface area (Å²) in [5.41, 5.74) is 0. The van der Waals surface area contributed by atoms with E-state index >= 15 is 0 Å². The predicted octanol–water partition coefficient (Wildman–Crippen LogP) is 2.13. The van der Waals surface area contributed by atoms with E-state index in [4.69, 9.17) is 21.1 Å². The van der Waals surface area contributed by atoms with Crippen LogP contribution < -0.4 is 0 Å². The van der Waals surface area contributed by atoms with Crippen LogP contribution in [0.2, 0.25) is 0 Å². The van der Waals surface area contributed by atoms with Crippen LogP contribution in [0.5, 0.6) is 0 Å². The molecular weight excluding hydrogens is 226 g/mol. The predicted molar refractivity (Wildman–Crippen MR) is 67.2 cm³/mol. The van der Waals surface area contributed by atoms with Crippen LogP contribution in [0.1, 0.15) is 25.7 Å². The molecule has 0 aromatic heterocycles. The van der Waals surface area contributed by atoms with Gasteiger partial charge in [0.1, 0.15) is 0 Å². The highest BCUT2D eigenvalue weighted by Crippen LogP contribution is 2.20. The Bertz CT molecular complexity index is 169. The molecule has 1 aliphatic rings. The molecule has 0 amide bonds. The van der Waals surface area contributed by atoms with Crippen LogP contribution in [-0.2, 0) is 9.47 Å². The molecule has 1 atom stereocenters. The van der Waals surface area contributed by atoms with E-state index in [1.807, 2.05) is 0 Å². The van der Waals surface area contributed by atoms with Crippen LogP contribution in [-0.4, -0.2) is 56.8 Å². The van der Waals surface area contributed by atoms with Gasteiger partial charge in [-0.1, -0.05) is 0 Å². The molecule has 0 aliphatic carbocycles. The van der Waals surface area contributed by atoms with Crippen molar-refractivity contribution in [3.8, 4) is 0 Å². The fraction of sp³-hybridized carbons (Fsp3) is 1.00. The second kappa shape index (κ2) is 9.23. The molecule has 4 heteroatoms. The lowest BCUT2D eigenvalue weighted by Gasteiger charge is -2.24. The summed E-state index contributed by atoms with van der Waals surface area (Å²) >= 11 is 5.73.